The van der Waals surface area contributed by atoms with Gasteiger partial charge in [0, 0.05) is 26.2 Å². The molecule has 0 bridgehead atoms. The van der Waals surface area contributed by atoms with E-state index in [-0.39, 0.29) is 12.1 Å². The summed E-state index contributed by atoms with van der Waals surface area (Å²) in [5.41, 5.74) is 5.79. The van der Waals surface area contributed by atoms with Crippen LogP contribution in [0.5, 0.6) is 0 Å². The van der Waals surface area contributed by atoms with E-state index in [9.17, 15) is 0 Å². The lowest BCUT2D eigenvalue weighted by Gasteiger charge is -2.11. The molecule has 1 aliphatic heterocycles. The standard InChI is InChI=1S/C7H16N2O/c1-3-9-4-6(8)7(5-9)10-2/h6-7H,3-5,8H2,1-2H3. The predicted molar refractivity (Wildman–Crippen MR) is 40.9 cm³/mol. The molecule has 2 N–H and O–H groups in total. The molecule has 1 rings (SSSR count). The molecule has 10 heavy (non-hydrogen) atoms. The third-order valence-electron chi connectivity index (χ3n) is 2.13. The topological polar surface area (TPSA) is 38.5 Å². The van der Waals surface area contributed by atoms with Gasteiger partial charge in [-0.2, -0.15) is 0 Å². The van der Waals surface area contributed by atoms with Gasteiger partial charge < -0.3 is 10.5 Å². The van der Waals surface area contributed by atoms with Gasteiger partial charge in [-0.25, -0.2) is 0 Å². The number of likely N-dealkylation sites (N-methyl/N-ethyl adjacent to an activating group) is 1. The average Bonchev–Trinajstić information content (AvgIpc) is 2.30. The largest absolute Gasteiger partial charge is 0.378 e. The van der Waals surface area contributed by atoms with E-state index in [1.165, 1.54) is 0 Å². The number of rotatable bonds is 2. The fraction of sp³-hybridized carbons (Fsp3) is 1.00. The van der Waals surface area contributed by atoms with Crippen LogP contribution < -0.4 is 5.73 Å². The molecular weight excluding hydrogens is 128 g/mol. The summed E-state index contributed by atoms with van der Waals surface area (Å²) >= 11 is 0. The first-order valence-corrected chi connectivity index (χ1v) is 3.78. The zero-order valence-electron chi connectivity index (χ0n) is 6.71. The fourth-order valence-corrected chi connectivity index (χ4v) is 1.39. The Bertz CT molecular complexity index is 108. The Morgan fingerprint density at radius 3 is 2.60 bits per heavy atom. The van der Waals surface area contributed by atoms with Gasteiger partial charge in [-0.05, 0) is 6.54 Å². The average molecular weight is 144 g/mol. The van der Waals surface area contributed by atoms with Gasteiger partial charge in [-0.3, -0.25) is 4.90 Å². The molecule has 3 heteroatoms. The normalized spacial score (nSPS) is 35.1. The molecule has 0 aromatic carbocycles. The molecule has 2 atom stereocenters. The van der Waals surface area contributed by atoms with Gasteiger partial charge in [0.25, 0.3) is 0 Å². The SMILES string of the molecule is CCN1CC(N)C(OC)C1. The maximum Gasteiger partial charge on any atom is 0.0861 e. The van der Waals surface area contributed by atoms with Crippen LogP contribution in [0.4, 0.5) is 0 Å². The Hall–Kier alpha value is -0.120. The molecule has 0 spiro atoms. The van der Waals surface area contributed by atoms with Crippen LogP contribution in [0, 0.1) is 0 Å². The predicted octanol–water partition coefficient (Wildman–Crippen LogP) is -0.336. The van der Waals surface area contributed by atoms with Crippen LogP contribution >= 0.6 is 0 Å². The number of methoxy groups -OCH3 is 1. The molecule has 1 aliphatic rings. The maximum absolute atomic E-state index is 5.79. The molecule has 0 aromatic heterocycles. The van der Waals surface area contributed by atoms with Gasteiger partial charge >= 0.3 is 0 Å². The summed E-state index contributed by atoms with van der Waals surface area (Å²) in [5, 5.41) is 0. The quantitative estimate of drug-likeness (QED) is 0.576. The summed E-state index contributed by atoms with van der Waals surface area (Å²) in [6.07, 6.45) is 0.250. The van der Waals surface area contributed by atoms with Crippen molar-refractivity contribution in [2.45, 2.75) is 19.1 Å². The zero-order valence-corrected chi connectivity index (χ0v) is 6.71. The van der Waals surface area contributed by atoms with Crippen molar-refractivity contribution in [1.82, 2.24) is 4.90 Å². The lowest BCUT2D eigenvalue weighted by Crippen LogP contribution is -2.34. The minimum absolute atomic E-state index is 0.213. The lowest BCUT2D eigenvalue weighted by molar-refractivity contribution is 0.0988. The maximum atomic E-state index is 5.79. The monoisotopic (exact) mass is 144 g/mol. The Kier molecular flexibility index (Phi) is 2.65. The minimum Gasteiger partial charge on any atom is -0.378 e. The Labute approximate surface area is 62.1 Å². The first kappa shape index (κ1) is 7.98. The van der Waals surface area contributed by atoms with Crippen molar-refractivity contribution in [1.29, 1.82) is 0 Å². The minimum atomic E-state index is 0.213. The van der Waals surface area contributed by atoms with Crippen LogP contribution in [0.25, 0.3) is 0 Å². The van der Waals surface area contributed by atoms with Crippen molar-refractivity contribution < 1.29 is 4.74 Å². The van der Waals surface area contributed by atoms with E-state index < -0.39 is 0 Å². The van der Waals surface area contributed by atoms with Crippen LogP contribution in [0.15, 0.2) is 0 Å². The highest BCUT2D eigenvalue weighted by molar-refractivity contribution is 4.86. The fourth-order valence-electron chi connectivity index (χ4n) is 1.39. The molecule has 1 fully saturated rings. The molecule has 1 heterocycles. The number of nitrogens with two attached hydrogens (primary N) is 1. The van der Waals surface area contributed by atoms with Crippen LogP contribution in [-0.4, -0.2) is 43.8 Å². The van der Waals surface area contributed by atoms with Gasteiger partial charge in [-0.15, -0.1) is 0 Å². The summed E-state index contributed by atoms with van der Waals surface area (Å²) in [4.78, 5) is 2.30. The van der Waals surface area contributed by atoms with Crippen molar-refractivity contribution in [2.24, 2.45) is 5.73 Å². The molecular formula is C7H16N2O. The molecule has 60 valence electrons. The van der Waals surface area contributed by atoms with Crippen LogP contribution in [0.2, 0.25) is 0 Å². The Morgan fingerprint density at radius 1 is 1.60 bits per heavy atom. The molecule has 0 amide bonds. The van der Waals surface area contributed by atoms with Crippen LogP contribution in [-0.2, 0) is 4.74 Å². The molecule has 0 saturated carbocycles. The van der Waals surface area contributed by atoms with E-state index in [2.05, 4.69) is 11.8 Å². The summed E-state index contributed by atoms with van der Waals surface area (Å²) in [6, 6.07) is 0.213. The lowest BCUT2D eigenvalue weighted by atomic mass is 10.2. The van der Waals surface area contributed by atoms with Gasteiger partial charge in [0.15, 0.2) is 0 Å². The molecule has 0 aromatic rings. The van der Waals surface area contributed by atoms with Gasteiger partial charge in [0.2, 0.25) is 0 Å². The number of hydrogen-bond acceptors (Lipinski definition) is 3. The summed E-state index contributed by atoms with van der Waals surface area (Å²) in [7, 11) is 1.73. The van der Waals surface area contributed by atoms with E-state index >= 15 is 0 Å². The van der Waals surface area contributed by atoms with Gasteiger partial charge in [0.1, 0.15) is 0 Å². The van der Waals surface area contributed by atoms with E-state index in [4.69, 9.17) is 10.5 Å². The van der Waals surface area contributed by atoms with Gasteiger partial charge in [0.05, 0.1) is 6.10 Å². The first-order chi connectivity index (χ1) is 4.77. The molecule has 0 aliphatic carbocycles. The summed E-state index contributed by atoms with van der Waals surface area (Å²) in [6.45, 7) is 5.20. The molecule has 2 unspecified atom stereocenters. The van der Waals surface area contributed by atoms with E-state index in [0.29, 0.717) is 0 Å². The zero-order chi connectivity index (χ0) is 7.56. The highest BCUT2D eigenvalue weighted by atomic mass is 16.5. The molecule has 1 saturated heterocycles. The van der Waals surface area contributed by atoms with Crippen LogP contribution in [0.3, 0.4) is 0 Å². The number of hydrogen-bond donors (Lipinski definition) is 1. The van der Waals surface area contributed by atoms with Crippen molar-refractivity contribution >= 4 is 0 Å². The second-order valence-corrected chi connectivity index (χ2v) is 2.79. The first-order valence-electron chi connectivity index (χ1n) is 3.78. The summed E-state index contributed by atoms with van der Waals surface area (Å²) < 4.78 is 5.19. The highest BCUT2D eigenvalue weighted by Gasteiger charge is 2.28. The van der Waals surface area contributed by atoms with Crippen LogP contribution in [0.1, 0.15) is 6.92 Å². The number of likely N-dealkylation sites (tertiary alicyclic amines) is 1. The van der Waals surface area contributed by atoms with Crippen molar-refractivity contribution in [3.05, 3.63) is 0 Å². The second-order valence-electron chi connectivity index (χ2n) is 2.79. The Balaban J connectivity index is 2.36. The van der Waals surface area contributed by atoms with E-state index in [0.717, 1.165) is 19.6 Å². The number of ether oxygens (including phenoxy) is 1. The molecule has 3 nitrogen and oxygen atoms in total. The second kappa shape index (κ2) is 3.32. The van der Waals surface area contributed by atoms with Crippen molar-refractivity contribution in [2.75, 3.05) is 26.7 Å². The smallest absolute Gasteiger partial charge is 0.0861 e. The number of nitrogens with zero attached hydrogens (tertiary/aromatic N) is 1. The van der Waals surface area contributed by atoms with Gasteiger partial charge in [-0.1, -0.05) is 6.92 Å². The van der Waals surface area contributed by atoms with E-state index in [1.54, 1.807) is 7.11 Å². The molecule has 0 radical (unpaired) electrons. The Morgan fingerprint density at radius 2 is 2.30 bits per heavy atom. The van der Waals surface area contributed by atoms with E-state index in [1.807, 2.05) is 0 Å². The third kappa shape index (κ3) is 1.48. The summed E-state index contributed by atoms with van der Waals surface area (Å²) in [5.74, 6) is 0. The third-order valence-corrected chi connectivity index (χ3v) is 2.13. The van der Waals surface area contributed by atoms with Crippen molar-refractivity contribution in [3.8, 4) is 0 Å². The highest BCUT2D eigenvalue weighted by Crippen LogP contribution is 2.09. The van der Waals surface area contributed by atoms with Crippen molar-refractivity contribution in [3.63, 3.8) is 0 Å².